The van der Waals surface area contributed by atoms with Crippen LogP contribution in [0.15, 0.2) is 47.8 Å². The number of thiophene rings is 1. The summed E-state index contributed by atoms with van der Waals surface area (Å²) in [7, 11) is 0. The third-order valence-corrected chi connectivity index (χ3v) is 4.04. The summed E-state index contributed by atoms with van der Waals surface area (Å²) in [6.45, 7) is 2.48. The van der Waals surface area contributed by atoms with E-state index in [0.717, 1.165) is 27.7 Å². The first-order valence-electron chi connectivity index (χ1n) is 6.46. The van der Waals surface area contributed by atoms with Crippen molar-refractivity contribution in [2.24, 2.45) is 5.73 Å². The minimum atomic E-state index is 0.416. The zero-order valence-electron chi connectivity index (χ0n) is 11.2. The van der Waals surface area contributed by atoms with Gasteiger partial charge in [-0.15, -0.1) is 11.3 Å². The van der Waals surface area contributed by atoms with Gasteiger partial charge in [0.2, 0.25) is 0 Å². The average molecular weight is 281 g/mol. The van der Waals surface area contributed by atoms with Gasteiger partial charge in [0.1, 0.15) is 0 Å². The molecule has 100 valence electrons. The summed E-state index contributed by atoms with van der Waals surface area (Å²) in [6.07, 6.45) is 0. The second kappa shape index (κ2) is 5.53. The molecule has 0 bridgehead atoms. The van der Waals surface area contributed by atoms with E-state index in [-0.39, 0.29) is 0 Å². The molecule has 2 aromatic heterocycles. The quantitative estimate of drug-likeness (QED) is 0.797. The van der Waals surface area contributed by atoms with Crippen molar-refractivity contribution in [2.45, 2.75) is 13.5 Å². The number of rotatable bonds is 3. The Balaban J connectivity index is 2.17. The summed E-state index contributed by atoms with van der Waals surface area (Å²) in [5, 5.41) is 2.05. The van der Waals surface area contributed by atoms with E-state index in [1.165, 1.54) is 5.56 Å². The van der Waals surface area contributed by atoms with Gasteiger partial charge in [0.25, 0.3) is 0 Å². The number of hydrogen-bond acceptors (Lipinski definition) is 4. The van der Waals surface area contributed by atoms with Gasteiger partial charge in [0.05, 0.1) is 16.3 Å². The standard InChI is InChI=1S/C16H15N3S/c1-11-5-2-3-6-13(11)16-18-12(10-17)9-14(19-16)15-7-4-8-20-15/h2-9H,10,17H2,1H3. The van der Waals surface area contributed by atoms with Crippen molar-refractivity contribution in [3.8, 4) is 22.0 Å². The Hall–Kier alpha value is -2.04. The molecule has 0 saturated carbocycles. The Labute approximate surface area is 122 Å². The van der Waals surface area contributed by atoms with Gasteiger partial charge in [-0.3, -0.25) is 0 Å². The van der Waals surface area contributed by atoms with Crippen LogP contribution in [-0.2, 0) is 6.54 Å². The lowest BCUT2D eigenvalue weighted by atomic mass is 10.1. The molecule has 0 aliphatic rings. The molecule has 0 fully saturated rings. The fourth-order valence-corrected chi connectivity index (χ4v) is 2.78. The van der Waals surface area contributed by atoms with E-state index in [1.807, 2.05) is 35.7 Å². The number of nitrogens with zero attached hydrogens (tertiary/aromatic N) is 2. The minimum Gasteiger partial charge on any atom is -0.325 e. The Bertz CT molecular complexity index is 720. The molecule has 3 nitrogen and oxygen atoms in total. The number of benzene rings is 1. The molecule has 1 aromatic carbocycles. The van der Waals surface area contributed by atoms with Crippen LogP contribution in [0.2, 0.25) is 0 Å². The van der Waals surface area contributed by atoms with Crippen molar-refractivity contribution >= 4 is 11.3 Å². The van der Waals surface area contributed by atoms with E-state index in [2.05, 4.69) is 24.0 Å². The van der Waals surface area contributed by atoms with Crippen LogP contribution in [-0.4, -0.2) is 9.97 Å². The van der Waals surface area contributed by atoms with Gasteiger partial charge >= 0.3 is 0 Å². The smallest absolute Gasteiger partial charge is 0.160 e. The van der Waals surface area contributed by atoms with Crippen molar-refractivity contribution in [3.63, 3.8) is 0 Å². The second-order valence-corrected chi connectivity index (χ2v) is 5.51. The molecule has 0 unspecified atom stereocenters. The molecule has 0 amide bonds. The Morgan fingerprint density at radius 1 is 1.10 bits per heavy atom. The van der Waals surface area contributed by atoms with E-state index in [1.54, 1.807) is 11.3 Å². The molecule has 2 heterocycles. The average Bonchev–Trinajstić information content (AvgIpc) is 3.01. The summed E-state index contributed by atoms with van der Waals surface area (Å²) in [4.78, 5) is 10.4. The summed E-state index contributed by atoms with van der Waals surface area (Å²) >= 11 is 1.67. The molecule has 0 radical (unpaired) electrons. The summed E-state index contributed by atoms with van der Waals surface area (Å²) in [5.41, 5.74) is 9.79. The van der Waals surface area contributed by atoms with Crippen molar-refractivity contribution in [3.05, 3.63) is 59.1 Å². The summed E-state index contributed by atoms with van der Waals surface area (Å²) < 4.78 is 0. The summed E-state index contributed by atoms with van der Waals surface area (Å²) in [6, 6.07) is 14.2. The lowest BCUT2D eigenvalue weighted by Crippen LogP contribution is -2.03. The molecule has 3 rings (SSSR count). The van der Waals surface area contributed by atoms with E-state index in [4.69, 9.17) is 10.7 Å². The van der Waals surface area contributed by atoms with Gasteiger partial charge in [0, 0.05) is 12.1 Å². The lowest BCUT2D eigenvalue weighted by Gasteiger charge is -2.08. The van der Waals surface area contributed by atoms with Crippen molar-refractivity contribution in [1.29, 1.82) is 0 Å². The third kappa shape index (κ3) is 2.48. The van der Waals surface area contributed by atoms with Gasteiger partial charge in [-0.05, 0) is 30.0 Å². The van der Waals surface area contributed by atoms with E-state index < -0.39 is 0 Å². The lowest BCUT2D eigenvalue weighted by molar-refractivity contribution is 0.971. The zero-order chi connectivity index (χ0) is 13.9. The molecule has 0 aliphatic heterocycles. The number of aromatic nitrogens is 2. The highest BCUT2D eigenvalue weighted by molar-refractivity contribution is 7.13. The van der Waals surface area contributed by atoms with E-state index in [9.17, 15) is 0 Å². The molecule has 3 aromatic rings. The maximum absolute atomic E-state index is 5.77. The fourth-order valence-electron chi connectivity index (χ4n) is 2.10. The van der Waals surface area contributed by atoms with Crippen LogP contribution < -0.4 is 5.73 Å². The first kappa shape index (κ1) is 13.0. The third-order valence-electron chi connectivity index (χ3n) is 3.15. The SMILES string of the molecule is Cc1ccccc1-c1nc(CN)cc(-c2cccs2)n1. The van der Waals surface area contributed by atoms with Gasteiger partial charge in [-0.25, -0.2) is 9.97 Å². The zero-order valence-corrected chi connectivity index (χ0v) is 12.0. The number of aryl methyl sites for hydroxylation is 1. The van der Waals surface area contributed by atoms with Crippen molar-refractivity contribution in [2.75, 3.05) is 0 Å². The first-order chi connectivity index (χ1) is 9.78. The Kier molecular flexibility index (Phi) is 3.58. The topological polar surface area (TPSA) is 51.8 Å². The van der Waals surface area contributed by atoms with Crippen molar-refractivity contribution in [1.82, 2.24) is 9.97 Å². The molecule has 0 atom stereocenters. The van der Waals surface area contributed by atoms with Crippen LogP contribution in [0.25, 0.3) is 22.0 Å². The maximum Gasteiger partial charge on any atom is 0.160 e. The van der Waals surface area contributed by atoms with Crippen LogP contribution in [0.3, 0.4) is 0 Å². The van der Waals surface area contributed by atoms with Gasteiger partial charge < -0.3 is 5.73 Å². The molecular weight excluding hydrogens is 266 g/mol. The van der Waals surface area contributed by atoms with E-state index >= 15 is 0 Å². The normalized spacial score (nSPS) is 10.7. The highest BCUT2D eigenvalue weighted by Gasteiger charge is 2.10. The first-order valence-corrected chi connectivity index (χ1v) is 7.34. The molecule has 2 N–H and O–H groups in total. The molecule has 0 aliphatic carbocycles. The Morgan fingerprint density at radius 2 is 1.95 bits per heavy atom. The monoisotopic (exact) mass is 281 g/mol. The second-order valence-electron chi connectivity index (χ2n) is 4.56. The van der Waals surface area contributed by atoms with Gasteiger partial charge in [-0.2, -0.15) is 0 Å². The largest absolute Gasteiger partial charge is 0.325 e. The van der Waals surface area contributed by atoms with Crippen LogP contribution in [0.5, 0.6) is 0 Å². The Morgan fingerprint density at radius 3 is 2.65 bits per heavy atom. The van der Waals surface area contributed by atoms with E-state index in [0.29, 0.717) is 6.54 Å². The molecule has 4 heteroatoms. The highest BCUT2D eigenvalue weighted by atomic mass is 32.1. The summed E-state index contributed by atoms with van der Waals surface area (Å²) in [5.74, 6) is 0.745. The van der Waals surface area contributed by atoms with Gasteiger partial charge in [-0.1, -0.05) is 30.3 Å². The predicted molar refractivity (Wildman–Crippen MR) is 83.4 cm³/mol. The fraction of sp³-hybridized carbons (Fsp3) is 0.125. The number of hydrogen-bond donors (Lipinski definition) is 1. The molecule has 20 heavy (non-hydrogen) atoms. The van der Waals surface area contributed by atoms with Crippen LogP contribution in [0.4, 0.5) is 0 Å². The van der Waals surface area contributed by atoms with Gasteiger partial charge in [0.15, 0.2) is 5.82 Å². The molecule has 0 saturated heterocycles. The highest BCUT2D eigenvalue weighted by Crippen LogP contribution is 2.27. The number of nitrogens with two attached hydrogens (primary N) is 1. The molecular formula is C16H15N3S. The van der Waals surface area contributed by atoms with Crippen LogP contribution in [0.1, 0.15) is 11.3 Å². The van der Waals surface area contributed by atoms with Crippen LogP contribution in [0, 0.1) is 6.92 Å². The predicted octanol–water partition coefficient (Wildman–Crippen LogP) is 3.64. The van der Waals surface area contributed by atoms with Crippen molar-refractivity contribution < 1.29 is 0 Å². The maximum atomic E-state index is 5.77. The minimum absolute atomic E-state index is 0.416. The van der Waals surface area contributed by atoms with Crippen LogP contribution >= 0.6 is 11.3 Å². The molecule has 0 spiro atoms.